The van der Waals surface area contributed by atoms with Gasteiger partial charge in [-0.25, -0.2) is 14.2 Å². The molecule has 1 aliphatic rings. The van der Waals surface area contributed by atoms with Gasteiger partial charge in [-0.15, -0.1) is 0 Å². The van der Waals surface area contributed by atoms with Crippen LogP contribution in [0.1, 0.15) is 36.8 Å². The molecule has 0 unspecified atom stereocenters. The summed E-state index contributed by atoms with van der Waals surface area (Å²) < 4.78 is 52.2. The van der Waals surface area contributed by atoms with E-state index in [-0.39, 0.29) is 34.5 Å². The minimum atomic E-state index is -4.62. The summed E-state index contributed by atoms with van der Waals surface area (Å²) in [5.74, 6) is 0.263. The van der Waals surface area contributed by atoms with Gasteiger partial charge in [0.15, 0.2) is 7.11 Å². The monoisotopic (exact) mass is 471 g/mol. The Balaban J connectivity index is 1.68. The van der Waals surface area contributed by atoms with Crippen LogP contribution in [0.5, 0.6) is 0 Å². The molecule has 0 spiro atoms. The molecule has 1 heterocycles. The van der Waals surface area contributed by atoms with Crippen molar-refractivity contribution in [3.8, 4) is 0 Å². The summed E-state index contributed by atoms with van der Waals surface area (Å²) in [7, 11) is 1.21. The molecule has 180 valence electrons. The minimum absolute atomic E-state index is 0.0178. The second-order valence-corrected chi connectivity index (χ2v) is 8.03. The van der Waals surface area contributed by atoms with Crippen LogP contribution in [0.4, 0.5) is 35.0 Å². The summed E-state index contributed by atoms with van der Waals surface area (Å²) in [6, 6.07) is 2.31. The summed E-state index contributed by atoms with van der Waals surface area (Å²) in [4.78, 5) is 25.3. The highest BCUT2D eigenvalue weighted by molar-refractivity contribution is 5.56. The van der Waals surface area contributed by atoms with Crippen LogP contribution in [0.15, 0.2) is 24.4 Å². The highest BCUT2D eigenvalue weighted by Crippen LogP contribution is 2.31. The largest absolute Gasteiger partial charge is 0.416 e. The Morgan fingerprint density at radius 2 is 1.88 bits per heavy atom. The number of alkyl halides is 3. The maximum absolute atomic E-state index is 14.1. The van der Waals surface area contributed by atoms with E-state index in [2.05, 4.69) is 20.6 Å². The molecule has 3 rings (SSSR count). The van der Waals surface area contributed by atoms with Crippen LogP contribution in [0.25, 0.3) is 0 Å². The van der Waals surface area contributed by atoms with Crippen LogP contribution in [-0.4, -0.2) is 35.1 Å². The number of nitrogens with zero attached hydrogens (tertiary/aromatic N) is 3. The van der Waals surface area contributed by atoms with Crippen LogP contribution < -0.4 is 16.4 Å². The van der Waals surface area contributed by atoms with E-state index in [4.69, 9.17) is 10.6 Å². The van der Waals surface area contributed by atoms with E-state index in [0.717, 1.165) is 37.8 Å². The summed E-state index contributed by atoms with van der Waals surface area (Å²) in [6.07, 6.45) is 0.759. The third-order valence-electron chi connectivity index (χ3n) is 5.81. The van der Waals surface area contributed by atoms with Crippen molar-refractivity contribution in [3.05, 3.63) is 46.2 Å². The molecule has 33 heavy (non-hydrogen) atoms. The topological polar surface area (TPSA) is 105 Å². The molecule has 0 bridgehead atoms. The molecule has 1 saturated carbocycles. The minimum Gasteiger partial charge on any atom is -0.364 e. The van der Waals surface area contributed by atoms with Gasteiger partial charge in [0, 0.05) is 18.7 Å². The summed E-state index contributed by atoms with van der Waals surface area (Å²) in [5.41, 5.74) is 4.76. The van der Waals surface area contributed by atoms with Crippen molar-refractivity contribution in [2.45, 2.75) is 38.4 Å². The SMILES string of the molecule is CO[N+](=O)c1cnc(NCc2ccc(C(F)(F)F)cc2F)nc1NCC1CCC(CN)CC1. The second-order valence-electron chi connectivity index (χ2n) is 8.03. The van der Waals surface area contributed by atoms with Crippen LogP contribution in [-0.2, 0) is 17.6 Å². The zero-order valence-corrected chi connectivity index (χ0v) is 18.2. The van der Waals surface area contributed by atoms with E-state index in [9.17, 15) is 22.5 Å². The van der Waals surface area contributed by atoms with E-state index in [0.29, 0.717) is 31.0 Å². The fourth-order valence-electron chi connectivity index (χ4n) is 3.78. The number of hydrogen-bond acceptors (Lipinski definition) is 7. The van der Waals surface area contributed by atoms with Crippen molar-refractivity contribution in [1.29, 1.82) is 0 Å². The van der Waals surface area contributed by atoms with Crippen LogP contribution in [0.3, 0.4) is 0 Å². The fourth-order valence-corrected chi connectivity index (χ4v) is 3.78. The number of halogens is 4. The quantitative estimate of drug-likeness (QED) is 0.368. The molecular weight excluding hydrogens is 444 g/mol. The standard InChI is InChI=1S/C21H27F4N6O2/c1-33-31(32)18-12-29-20(28-11-15-6-7-16(8-17(15)22)21(23,24)25)30-19(18)27-10-14-4-2-13(9-26)3-5-14/h6-8,12-14H,2-5,9-11,26H2,1H3,(H2,27,28,29,30)/q+1. The lowest BCUT2D eigenvalue weighted by Gasteiger charge is -2.27. The molecule has 1 aromatic heterocycles. The molecule has 1 aliphatic carbocycles. The second kappa shape index (κ2) is 10.7. The number of aromatic nitrogens is 2. The lowest BCUT2D eigenvalue weighted by molar-refractivity contribution is -0.736. The zero-order valence-electron chi connectivity index (χ0n) is 18.2. The average molecular weight is 471 g/mol. The molecule has 0 aliphatic heterocycles. The highest BCUT2D eigenvalue weighted by Gasteiger charge is 2.31. The van der Waals surface area contributed by atoms with Gasteiger partial charge in [-0.05, 0) is 56.2 Å². The predicted molar refractivity (Wildman–Crippen MR) is 114 cm³/mol. The van der Waals surface area contributed by atoms with Crippen molar-refractivity contribution < 1.29 is 27.3 Å². The molecule has 0 atom stereocenters. The van der Waals surface area contributed by atoms with Crippen molar-refractivity contribution in [3.63, 3.8) is 0 Å². The molecule has 0 saturated heterocycles. The summed E-state index contributed by atoms with van der Waals surface area (Å²) in [5, 5.41) is 5.94. The number of nitrogens with two attached hydrogens (primary N) is 1. The first-order valence-electron chi connectivity index (χ1n) is 10.6. The number of rotatable bonds is 9. The summed E-state index contributed by atoms with van der Waals surface area (Å²) >= 11 is 0. The van der Waals surface area contributed by atoms with Gasteiger partial charge in [0.1, 0.15) is 12.0 Å². The number of anilines is 2. The van der Waals surface area contributed by atoms with Gasteiger partial charge in [0.25, 0.3) is 4.92 Å². The molecule has 1 fully saturated rings. The van der Waals surface area contributed by atoms with E-state index in [1.807, 2.05) is 0 Å². The molecule has 4 N–H and O–H groups in total. The average Bonchev–Trinajstić information content (AvgIpc) is 2.81. The Kier molecular flexibility index (Phi) is 8.01. The Labute approximate surface area is 188 Å². The van der Waals surface area contributed by atoms with Gasteiger partial charge >= 0.3 is 11.9 Å². The third-order valence-corrected chi connectivity index (χ3v) is 5.81. The van der Waals surface area contributed by atoms with Crippen molar-refractivity contribution in [2.24, 2.45) is 17.6 Å². The highest BCUT2D eigenvalue weighted by atomic mass is 19.4. The molecule has 0 radical (unpaired) electrons. The smallest absolute Gasteiger partial charge is 0.364 e. The van der Waals surface area contributed by atoms with E-state index >= 15 is 0 Å². The molecule has 2 aromatic rings. The lowest BCUT2D eigenvalue weighted by atomic mass is 9.82. The van der Waals surface area contributed by atoms with Crippen LogP contribution >= 0.6 is 0 Å². The first kappa shape index (κ1) is 24.6. The Morgan fingerprint density at radius 3 is 2.48 bits per heavy atom. The van der Waals surface area contributed by atoms with E-state index in [1.165, 1.54) is 13.3 Å². The van der Waals surface area contributed by atoms with Crippen molar-refractivity contribution in [2.75, 3.05) is 30.8 Å². The normalized spacial score (nSPS) is 18.6. The molecular formula is C21H27F4N6O2+. The number of nitrogens with one attached hydrogen (secondary N) is 2. The van der Waals surface area contributed by atoms with Crippen LogP contribution in [0, 0.1) is 22.6 Å². The van der Waals surface area contributed by atoms with Gasteiger partial charge in [0.2, 0.25) is 11.8 Å². The maximum Gasteiger partial charge on any atom is 0.416 e. The number of hydrogen-bond donors (Lipinski definition) is 3. The fraction of sp³-hybridized carbons (Fsp3) is 0.524. The first-order chi connectivity index (χ1) is 15.7. The lowest BCUT2D eigenvalue weighted by Crippen LogP contribution is -2.25. The Morgan fingerprint density at radius 1 is 1.18 bits per heavy atom. The first-order valence-corrected chi connectivity index (χ1v) is 10.6. The van der Waals surface area contributed by atoms with E-state index in [1.54, 1.807) is 0 Å². The Bertz CT molecular complexity index is 964. The zero-order chi connectivity index (χ0) is 24.0. The van der Waals surface area contributed by atoms with E-state index < -0.39 is 17.6 Å². The van der Waals surface area contributed by atoms with Crippen LogP contribution in [0.2, 0.25) is 0 Å². The van der Waals surface area contributed by atoms with Gasteiger partial charge in [-0.3, -0.25) is 0 Å². The van der Waals surface area contributed by atoms with Crippen molar-refractivity contribution in [1.82, 2.24) is 9.97 Å². The third kappa shape index (κ3) is 6.50. The van der Waals surface area contributed by atoms with Gasteiger partial charge in [0.05, 0.1) is 10.5 Å². The summed E-state index contributed by atoms with van der Waals surface area (Å²) in [6.45, 7) is 1.13. The Hall–Kier alpha value is -3.02. The molecule has 8 nitrogen and oxygen atoms in total. The number of benzene rings is 1. The maximum atomic E-state index is 14.1. The van der Waals surface area contributed by atoms with Gasteiger partial charge < -0.3 is 16.4 Å². The van der Waals surface area contributed by atoms with Gasteiger partial charge in [-0.1, -0.05) is 6.07 Å². The molecule has 1 aromatic carbocycles. The van der Waals surface area contributed by atoms with Crippen molar-refractivity contribution >= 4 is 17.5 Å². The molecule has 0 amide bonds. The molecule has 12 heteroatoms. The van der Waals surface area contributed by atoms with Gasteiger partial charge in [-0.2, -0.15) is 18.2 Å². The predicted octanol–water partition coefficient (Wildman–Crippen LogP) is 4.40.